The highest BCUT2D eigenvalue weighted by atomic mass is 35.5. The molecule has 0 fully saturated rings. The van der Waals surface area contributed by atoms with Crippen LogP contribution in [-0.4, -0.2) is 18.1 Å². The standard InChI is InChI=1S/C10H14ClN2/c1-4-13(5-2)10-7-9(11)6-8(3)12-10/h6-7H,3-5H2,1-2H3. The molecule has 3 heteroatoms. The maximum atomic E-state index is 5.90. The fraction of sp³-hybridized carbons (Fsp3) is 0.400. The predicted octanol–water partition coefficient (Wildman–Crippen LogP) is 2.76. The first-order valence-electron chi connectivity index (χ1n) is 4.41. The molecule has 1 aromatic heterocycles. The van der Waals surface area contributed by atoms with Crippen molar-refractivity contribution < 1.29 is 0 Å². The highest BCUT2D eigenvalue weighted by Gasteiger charge is 2.04. The van der Waals surface area contributed by atoms with E-state index in [0.29, 0.717) is 5.02 Å². The molecule has 0 atom stereocenters. The lowest BCUT2D eigenvalue weighted by Gasteiger charge is -2.20. The number of nitrogens with zero attached hydrogens (tertiary/aromatic N) is 2. The normalized spacial score (nSPS) is 10.2. The molecule has 1 heterocycles. The first kappa shape index (κ1) is 10.3. The summed E-state index contributed by atoms with van der Waals surface area (Å²) in [7, 11) is 0. The molecule has 0 amide bonds. The molecule has 2 nitrogen and oxygen atoms in total. The van der Waals surface area contributed by atoms with Crippen molar-refractivity contribution in [3.8, 4) is 0 Å². The molecule has 0 saturated carbocycles. The van der Waals surface area contributed by atoms with Crippen LogP contribution in [0.4, 0.5) is 5.82 Å². The van der Waals surface area contributed by atoms with E-state index in [0.717, 1.165) is 24.6 Å². The van der Waals surface area contributed by atoms with Crippen LogP contribution in [0.3, 0.4) is 0 Å². The van der Waals surface area contributed by atoms with Gasteiger partial charge < -0.3 is 4.90 Å². The highest BCUT2D eigenvalue weighted by molar-refractivity contribution is 6.30. The van der Waals surface area contributed by atoms with Gasteiger partial charge in [-0.3, -0.25) is 0 Å². The van der Waals surface area contributed by atoms with E-state index >= 15 is 0 Å². The zero-order valence-corrected chi connectivity index (χ0v) is 8.80. The fourth-order valence-electron chi connectivity index (χ4n) is 1.25. The Morgan fingerprint density at radius 1 is 1.38 bits per heavy atom. The number of halogens is 1. The smallest absolute Gasteiger partial charge is 0.130 e. The largest absolute Gasteiger partial charge is 0.357 e. The summed E-state index contributed by atoms with van der Waals surface area (Å²) in [5.41, 5.74) is 0.717. The van der Waals surface area contributed by atoms with Crippen molar-refractivity contribution in [3.63, 3.8) is 0 Å². The first-order chi connectivity index (χ1) is 6.17. The Balaban J connectivity index is 2.99. The summed E-state index contributed by atoms with van der Waals surface area (Å²) in [4.78, 5) is 6.45. The molecule has 0 aliphatic heterocycles. The molecule has 0 unspecified atom stereocenters. The van der Waals surface area contributed by atoms with Crippen molar-refractivity contribution in [2.24, 2.45) is 0 Å². The van der Waals surface area contributed by atoms with Crippen LogP contribution in [-0.2, 0) is 0 Å². The number of hydrogen-bond acceptors (Lipinski definition) is 2. The summed E-state index contributed by atoms with van der Waals surface area (Å²) in [5, 5.41) is 0.696. The van der Waals surface area contributed by atoms with Gasteiger partial charge in [-0.05, 0) is 32.9 Å². The lowest BCUT2D eigenvalue weighted by Crippen LogP contribution is -2.23. The number of hydrogen-bond donors (Lipinski definition) is 0. The Kier molecular flexibility index (Phi) is 3.55. The van der Waals surface area contributed by atoms with Gasteiger partial charge in [0, 0.05) is 23.8 Å². The molecular weight excluding hydrogens is 184 g/mol. The van der Waals surface area contributed by atoms with E-state index in [2.05, 4.69) is 30.7 Å². The van der Waals surface area contributed by atoms with Gasteiger partial charge in [-0.25, -0.2) is 4.98 Å². The van der Waals surface area contributed by atoms with Crippen molar-refractivity contribution in [1.82, 2.24) is 4.98 Å². The summed E-state index contributed by atoms with van der Waals surface area (Å²) in [6.45, 7) is 9.82. The van der Waals surface area contributed by atoms with Crippen LogP contribution in [0.5, 0.6) is 0 Å². The van der Waals surface area contributed by atoms with E-state index < -0.39 is 0 Å². The molecule has 0 saturated heterocycles. The van der Waals surface area contributed by atoms with E-state index in [1.54, 1.807) is 6.07 Å². The Morgan fingerprint density at radius 2 is 2.00 bits per heavy atom. The number of anilines is 1. The lowest BCUT2D eigenvalue weighted by atomic mass is 10.3. The second-order valence-corrected chi connectivity index (χ2v) is 3.24. The van der Waals surface area contributed by atoms with Gasteiger partial charge in [0.2, 0.25) is 0 Å². The van der Waals surface area contributed by atoms with Crippen molar-refractivity contribution in [2.45, 2.75) is 13.8 Å². The average molecular weight is 198 g/mol. The molecular formula is C10H14ClN2. The van der Waals surface area contributed by atoms with Crippen LogP contribution >= 0.6 is 11.6 Å². The minimum atomic E-state index is 0.696. The van der Waals surface area contributed by atoms with Gasteiger partial charge in [0.05, 0.1) is 0 Å². The number of pyridine rings is 1. The molecule has 0 spiro atoms. The van der Waals surface area contributed by atoms with E-state index in [1.165, 1.54) is 0 Å². The molecule has 0 aromatic carbocycles. The van der Waals surface area contributed by atoms with Crippen molar-refractivity contribution >= 4 is 17.4 Å². The zero-order chi connectivity index (χ0) is 9.84. The third-order valence-corrected chi connectivity index (χ3v) is 2.14. The summed E-state index contributed by atoms with van der Waals surface area (Å²) >= 11 is 5.90. The van der Waals surface area contributed by atoms with Crippen LogP contribution in [0.1, 0.15) is 19.5 Å². The van der Waals surface area contributed by atoms with E-state index in [1.807, 2.05) is 6.07 Å². The van der Waals surface area contributed by atoms with Crippen molar-refractivity contribution in [1.29, 1.82) is 0 Å². The Hall–Kier alpha value is -0.760. The van der Waals surface area contributed by atoms with E-state index in [4.69, 9.17) is 11.6 Å². The molecule has 1 rings (SSSR count). The number of rotatable bonds is 3. The lowest BCUT2D eigenvalue weighted by molar-refractivity contribution is 0.844. The Bertz CT molecular complexity index is 262. The topological polar surface area (TPSA) is 16.1 Å². The SMILES string of the molecule is [CH2]c1cc(Cl)cc(N(CC)CC)n1. The molecule has 1 radical (unpaired) electrons. The predicted molar refractivity (Wildman–Crippen MR) is 57.3 cm³/mol. The second kappa shape index (κ2) is 4.47. The van der Waals surface area contributed by atoms with Crippen molar-refractivity contribution in [3.05, 3.63) is 29.8 Å². The van der Waals surface area contributed by atoms with E-state index in [9.17, 15) is 0 Å². The Morgan fingerprint density at radius 3 is 2.46 bits per heavy atom. The van der Waals surface area contributed by atoms with Crippen LogP contribution in [0.25, 0.3) is 0 Å². The van der Waals surface area contributed by atoms with Gasteiger partial charge in [-0.2, -0.15) is 0 Å². The average Bonchev–Trinajstić information content (AvgIpc) is 2.04. The minimum Gasteiger partial charge on any atom is -0.357 e. The third-order valence-electron chi connectivity index (χ3n) is 1.92. The quantitative estimate of drug-likeness (QED) is 0.741. The van der Waals surface area contributed by atoms with Gasteiger partial charge in [0.15, 0.2) is 0 Å². The summed E-state index contributed by atoms with van der Waals surface area (Å²) in [5.74, 6) is 0.905. The fourth-order valence-corrected chi connectivity index (χ4v) is 1.47. The minimum absolute atomic E-state index is 0.696. The van der Waals surface area contributed by atoms with Crippen molar-refractivity contribution in [2.75, 3.05) is 18.0 Å². The second-order valence-electron chi connectivity index (χ2n) is 2.81. The molecule has 13 heavy (non-hydrogen) atoms. The monoisotopic (exact) mass is 197 g/mol. The van der Waals surface area contributed by atoms with Crippen LogP contribution in [0.2, 0.25) is 5.02 Å². The Labute approximate surface area is 84.5 Å². The molecule has 0 aliphatic rings. The molecule has 1 aromatic rings. The van der Waals surface area contributed by atoms with Gasteiger partial charge in [-0.15, -0.1) is 0 Å². The maximum absolute atomic E-state index is 5.90. The zero-order valence-electron chi connectivity index (χ0n) is 8.05. The highest BCUT2D eigenvalue weighted by Crippen LogP contribution is 2.18. The van der Waals surface area contributed by atoms with Crippen LogP contribution in [0.15, 0.2) is 12.1 Å². The van der Waals surface area contributed by atoms with Crippen LogP contribution < -0.4 is 4.90 Å². The molecule has 0 bridgehead atoms. The van der Waals surface area contributed by atoms with Gasteiger partial charge >= 0.3 is 0 Å². The van der Waals surface area contributed by atoms with E-state index in [-0.39, 0.29) is 0 Å². The molecule has 0 N–H and O–H groups in total. The maximum Gasteiger partial charge on any atom is 0.130 e. The first-order valence-corrected chi connectivity index (χ1v) is 4.79. The van der Waals surface area contributed by atoms with Gasteiger partial charge in [0.25, 0.3) is 0 Å². The van der Waals surface area contributed by atoms with Crippen LogP contribution in [0, 0.1) is 6.92 Å². The summed E-state index contributed by atoms with van der Waals surface area (Å²) in [6.07, 6.45) is 0. The third kappa shape index (κ3) is 2.59. The van der Waals surface area contributed by atoms with Gasteiger partial charge in [-0.1, -0.05) is 11.6 Å². The summed E-state index contributed by atoms with van der Waals surface area (Å²) in [6, 6.07) is 3.62. The summed E-state index contributed by atoms with van der Waals surface area (Å²) < 4.78 is 0. The molecule has 71 valence electrons. The molecule has 0 aliphatic carbocycles. The number of aromatic nitrogens is 1. The van der Waals surface area contributed by atoms with Gasteiger partial charge in [0.1, 0.15) is 5.82 Å².